The lowest BCUT2D eigenvalue weighted by atomic mass is 9.72. The van der Waals surface area contributed by atoms with Crippen LogP contribution in [0.5, 0.6) is 5.75 Å². The van der Waals surface area contributed by atoms with Crippen LogP contribution in [0.25, 0.3) is 22.2 Å². The number of amides is 1. The van der Waals surface area contributed by atoms with E-state index in [2.05, 4.69) is 20.1 Å². The van der Waals surface area contributed by atoms with Crippen LogP contribution in [0, 0.1) is 5.41 Å². The van der Waals surface area contributed by atoms with Gasteiger partial charge in [0.25, 0.3) is 0 Å². The van der Waals surface area contributed by atoms with Crippen molar-refractivity contribution in [1.29, 1.82) is 0 Å². The highest BCUT2D eigenvalue weighted by Gasteiger charge is 2.53. The molecule has 2 aliphatic heterocycles. The van der Waals surface area contributed by atoms with Crippen molar-refractivity contribution in [2.75, 3.05) is 64.1 Å². The van der Waals surface area contributed by atoms with E-state index in [1.807, 2.05) is 48.4 Å². The summed E-state index contributed by atoms with van der Waals surface area (Å²) < 4.78 is 17.0. The van der Waals surface area contributed by atoms with E-state index in [0.717, 1.165) is 54.2 Å². The number of nitrogens with two attached hydrogens (primary N) is 1. The number of nitrogens with zero attached hydrogens (tertiary/aromatic N) is 5. The third-order valence-corrected chi connectivity index (χ3v) is 8.64. The Morgan fingerprint density at radius 2 is 1.77 bits per heavy atom. The Morgan fingerprint density at radius 1 is 1.02 bits per heavy atom. The highest BCUT2D eigenvalue weighted by molar-refractivity contribution is 6.35. The fraction of sp³-hybridized carbons (Fsp3) is 0.419. The van der Waals surface area contributed by atoms with Crippen LogP contribution in [0.4, 0.5) is 5.82 Å². The van der Waals surface area contributed by atoms with Gasteiger partial charge < -0.3 is 29.7 Å². The van der Waals surface area contributed by atoms with Crippen LogP contribution in [0.2, 0.25) is 10.0 Å². The zero-order valence-electron chi connectivity index (χ0n) is 24.5. The molecule has 0 aliphatic carbocycles. The molecule has 0 bridgehead atoms. The quantitative estimate of drug-likeness (QED) is 0.203. The molecule has 2 aliphatic rings. The predicted molar refractivity (Wildman–Crippen MR) is 169 cm³/mol. The Hall–Kier alpha value is -3.48. The van der Waals surface area contributed by atoms with E-state index in [1.54, 1.807) is 12.4 Å². The molecule has 0 unspecified atom stereocenters. The number of aromatic nitrogens is 4. The molecule has 1 spiro atoms. The number of rotatable bonds is 13. The standard InChI is InChI=1S/C31H35Cl2N7O4/c1-20(29-24(32)14-35-15-25(29)33)44-22-3-4-26-23(12-22)30(38-37-26)21-2-5-27(36-13-21)39-16-31(17-39)18-40(19-31)28(41)6-8-42-10-11-43-9-7-34/h2-5,12-15,20H,6-11,16-19,34H2,1H3,(H,37,38)/t20-/m1/s1. The minimum absolute atomic E-state index is 0.138. The molecule has 3 N–H and O–H groups in total. The molecule has 1 amide bonds. The van der Waals surface area contributed by atoms with E-state index in [1.165, 1.54) is 0 Å². The summed E-state index contributed by atoms with van der Waals surface area (Å²) in [4.78, 5) is 25.4. The number of pyridine rings is 2. The summed E-state index contributed by atoms with van der Waals surface area (Å²) in [5.74, 6) is 1.72. The van der Waals surface area contributed by atoms with Gasteiger partial charge in [0.2, 0.25) is 5.91 Å². The Kier molecular flexibility index (Phi) is 9.20. The molecule has 0 radical (unpaired) electrons. The molecule has 2 saturated heterocycles. The minimum atomic E-state index is -0.376. The molecule has 2 fully saturated rings. The summed E-state index contributed by atoms with van der Waals surface area (Å²) >= 11 is 12.7. The normalized spacial score (nSPS) is 16.2. The monoisotopic (exact) mass is 639 g/mol. The average molecular weight is 641 g/mol. The van der Waals surface area contributed by atoms with E-state index in [9.17, 15) is 4.79 Å². The molecule has 1 atom stereocenters. The molecular formula is C31H35Cl2N7O4. The molecule has 5 heterocycles. The van der Waals surface area contributed by atoms with Crippen LogP contribution < -0.4 is 15.4 Å². The third-order valence-electron chi connectivity index (χ3n) is 8.04. The summed E-state index contributed by atoms with van der Waals surface area (Å²) in [5.41, 5.74) is 8.81. The molecule has 3 aromatic heterocycles. The van der Waals surface area contributed by atoms with Crippen molar-refractivity contribution in [1.82, 2.24) is 25.1 Å². The minimum Gasteiger partial charge on any atom is -0.486 e. The number of carbonyl (C=O) groups is 1. The Labute approximate surface area is 265 Å². The summed E-state index contributed by atoms with van der Waals surface area (Å²) in [5, 5.41) is 9.49. The molecule has 4 aromatic rings. The number of carbonyl (C=O) groups excluding carboxylic acids is 1. The number of hydrogen-bond donors (Lipinski definition) is 2. The van der Waals surface area contributed by atoms with Gasteiger partial charge in [-0.15, -0.1) is 0 Å². The molecular weight excluding hydrogens is 605 g/mol. The number of fused-ring (bicyclic) bond motifs is 1. The molecule has 0 saturated carbocycles. The number of nitrogens with one attached hydrogen (secondary N) is 1. The lowest BCUT2D eigenvalue weighted by Crippen LogP contribution is -2.73. The van der Waals surface area contributed by atoms with Gasteiger partial charge in [-0.25, -0.2) is 4.98 Å². The Balaban J connectivity index is 1.01. The predicted octanol–water partition coefficient (Wildman–Crippen LogP) is 4.50. The number of halogens is 2. The molecule has 232 valence electrons. The lowest BCUT2D eigenvalue weighted by Gasteiger charge is -2.60. The molecule has 1 aromatic carbocycles. The fourth-order valence-electron chi connectivity index (χ4n) is 5.86. The van der Waals surface area contributed by atoms with E-state index < -0.39 is 0 Å². The van der Waals surface area contributed by atoms with Crippen molar-refractivity contribution >= 4 is 45.8 Å². The van der Waals surface area contributed by atoms with Crippen molar-refractivity contribution < 1.29 is 19.0 Å². The zero-order valence-corrected chi connectivity index (χ0v) is 26.0. The number of ether oxygens (including phenoxy) is 3. The topological polar surface area (TPSA) is 132 Å². The second-order valence-electron chi connectivity index (χ2n) is 11.3. The van der Waals surface area contributed by atoms with Crippen LogP contribution in [-0.2, 0) is 14.3 Å². The fourth-order valence-corrected chi connectivity index (χ4v) is 6.53. The number of hydrogen-bond acceptors (Lipinski definition) is 9. The third kappa shape index (κ3) is 6.47. The van der Waals surface area contributed by atoms with Gasteiger partial charge in [-0.3, -0.25) is 14.9 Å². The van der Waals surface area contributed by atoms with Gasteiger partial charge in [0.05, 0.1) is 48.4 Å². The van der Waals surface area contributed by atoms with E-state index in [4.69, 9.17) is 48.1 Å². The number of likely N-dealkylation sites (tertiary alicyclic amines) is 1. The van der Waals surface area contributed by atoms with Crippen LogP contribution in [-0.4, -0.2) is 90.1 Å². The average Bonchev–Trinajstić information content (AvgIpc) is 3.39. The maximum absolute atomic E-state index is 12.5. The van der Waals surface area contributed by atoms with Gasteiger partial charge in [0, 0.05) is 73.2 Å². The van der Waals surface area contributed by atoms with Crippen molar-refractivity contribution in [2.45, 2.75) is 19.4 Å². The smallest absolute Gasteiger partial charge is 0.224 e. The van der Waals surface area contributed by atoms with Gasteiger partial charge in [0.15, 0.2) is 0 Å². The van der Waals surface area contributed by atoms with Gasteiger partial charge in [0.1, 0.15) is 23.4 Å². The molecule has 11 nitrogen and oxygen atoms in total. The molecule has 44 heavy (non-hydrogen) atoms. The van der Waals surface area contributed by atoms with Crippen LogP contribution in [0.15, 0.2) is 48.9 Å². The van der Waals surface area contributed by atoms with Crippen molar-refractivity contribution in [2.24, 2.45) is 11.1 Å². The SMILES string of the molecule is C[C@@H](Oc1ccc2[nH]nc(-c3ccc(N4CC5(CN(C(=O)CCOCCOCCN)C5)C4)nc3)c2c1)c1c(Cl)cncc1Cl. The Morgan fingerprint density at radius 3 is 2.48 bits per heavy atom. The first-order chi connectivity index (χ1) is 21.4. The van der Waals surface area contributed by atoms with Crippen molar-refractivity contribution in [3.63, 3.8) is 0 Å². The number of aromatic amines is 1. The second-order valence-corrected chi connectivity index (χ2v) is 12.1. The summed E-state index contributed by atoms with van der Waals surface area (Å²) in [6.45, 7) is 7.62. The largest absolute Gasteiger partial charge is 0.486 e. The zero-order chi connectivity index (χ0) is 30.7. The Bertz CT molecular complexity index is 1580. The van der Waals surface area contributed by atoms with Gasteiger partial charge in [-0.1, -0.05) is 23.2 Å². The van der Waals surface area contributed by atoms with Crippen LogP contribution >= 0.6 is 23.2 Å². The summed E-state index contributed by atoms with van der Waals surface area (Å²) in [7, 11) is 0. The number of benzene rings is 1. The highest BCUT2D eigenvalue weighted by atomic mass is 35.5. The summed E-state index contributed by atoms with van der Waals surface area (Å²) in [6, 6.07) is 9.83. The highest BCUT2D eigenvalue weighted by Crippen LogP contribution is 2.42. The summed E-state index contributed by atoms with van der Waals surface area (Å²) in [6.07, 6.45) is 4.98. The first kappa shape index (κ1) is 30.5. The van der Waals surface area contributed by atoms with Crippen LogP contribution in [0.1, 0.15) is 25.0 Å². The lowest BCUT2D eigenvalue weighted by molar-refractivity contribution is -0.146. The van der Waals surface area contributed by atoms with Crippen molar-refractivity contribution in [3.05, 3.63) is 64.5 Å². The molecule has 13 heteroatoms. The van der Waals surface area contributed by atoms with E-state index in [0.29, 0.717) is 60.8 Å². The van der Waals surface area contributed by atoms with Gasteiger partial charge in [-0.05, 0) is 37.3 Å². The molecule has 6 rings (SSSR count). The first-order valence-electron chi connectivity index (χ1n) is 14.6. The number of anilines is 1. The first-order valence-corrected chi connectivity index (χ1v) is 15.4. The van der Waals surface area contributed by atoms with Gasteiger partial charge in [-0.2, -0.15) is 5.10 Å². The van der Waals surface area contributed by atoms with E-state index >= 15 is 0 Å². The maximum Gasteiger partial charge on any atom is 0.224 e. The number of H-pyrrole nitrogens is 1. The van der Waals surface area contributed by atoms with E-state index in [-0.39, 0.29) is 17.4 Å². The van der Waals surface area contributed by atoms with Crippen LogP contribution in [0.3, 0.4) is 0 Å². The second kappa shape index (κ2) is 13.3. The van der Waals surface area contributed by atoms with Gasteiger partial charge >= 0.3 is 0 Å². The van der Waals surface area contributed by atoms with Crippen molar-refractivity contribution in [3.8, 4) is 17.0 Å². The maximum atomic E-state index is 12.5.